The zero-order valence-electron chi connectivity index (χ0n) is 9.44. The van der Waals surface area contributed by atoms with Gasteiger partial charge in [-0.05, 0) is 44.2 Å². The maximum absolute atomic E-state index is 11.4. The van der Waals surface area contributed by atoms with E-state index in [4.69, 9.17) is 0 Å². The third-order valence-electron chi connectivity index (χ3n) is 3.40. The quantitative estimate of drug-likeness (QED) is 0.648. The van der Waals surface area contributed by atoms with Crippen LogP contribution in [0.1, 0.15) is 32.6 Å². The maximum Gasteiger partial charge on any atom is 0.315 e. The fourth-order valence-corrected chi connectivity index (χ4v) is 1.96. The Morgan fingerprint density at radius 2 is 2.07 bits per heavy atom. The van der Waals surface area contributed by atoms with Gasteiger partial charge in [0.25, 0.3) is 0 Å². The highest BCUT2D eigenvalue weighted by Gasteiger charge is 2.28. The molecule has 2 rings (SSSR count). The zero-order valence-corrected chi connectivity index (χ0v) is 9.44. The molecule has 0 bridgehead atoms. The van der Waals surface area contributed by atoms with Gasteiger partial charge in [-0.2, -0.15) is 0 Å². The van der Waals surface area contributed by atoms with E-state index < -0.39 is 0 Å². The molecule has 4 nitrogen and oxygen atoms in total. The lowest BCUT2D eigenvalue weighted by Gasteiger charge is -2.34. The molecule has 0 aromatic carbocycles. The molecule has 0 atom stereocenters. The van der Waals surface area contributed by atoms with Gasteiger partial charge in [-0.15, -0.1) is 0 Å². The SMILES string of the molecule is CC1(CNC(=O)NC2CC2)CCNCC1. The van der Waals surface area contributed by atoms with Gasteiger partial charge in [0.1, 0.15) is 0 Å². The first-order valence-corrected chi connectivity index (χ1v) is 5.93. The minimum Gasteiger partial charge on any atom is -0.338 e. The third-order valence-corrected chi connectivity index (χ3v) is 3.40. The predicted molar refractivity (Wildman–Crippen MR) is 59.8 cm³/mol. The van der Waals surface area contributed by atoms with Crippen LogP contribution in [-0.2, 0) is 0 Å². The molecule has 3 N–H and O–H groups in total. The van der Waals surface area contributed by atoms with Crippen LogP contribution in [0, 0.1) is 5.41 Å². The monoisotopic (exact) mass is 211 g/mol. The Morgan fingerprint density at radius 3 is 2.67 bits per heavy atom. The van der Waals surface area contributed by atoms with E-state index >= 15 is 0 Å². The first-order valence-electron chi connectivity index (χ1n) is 5.93. The number of carbonyl (C=O) groups is 1. The summed E-state index contributed by atoms with van der Waals surface area (Å²) >= 11 is 0. The molecule has 1 saturated carbocycles. The van der Waals surface area contributed by atoms with Crippen molar-refractivity contribution in [1.82, 2.24) is 16.0 Å². The topological polar surface area (TPSA) is 53.2 Å². The summed E-state index contributed by atoms with van der Waals surface area (Å²) in [6.07, 6.45) is 4.59. The molecule has 1 heterocycles. The molecule has 0 aromatic rings. The van der Waals surface area contributed by atoms with Crippen molar-refractivity contribution in [3.63, 3.8) is 0 Å². The smallest absolute Gasteiger partial charge is 0.315 e. The van der Waals surface area contributed by atoms with Gasteiger partial charge in [0.15, 0.2) is 0 Å². The van der Waals surface area contributed by atoms with Crippen LogP contribution in [0.4, 0.5) is 4.79 Å². The molecule has 2 fully saturated rings. The van der Waals surface area contributed by atoms with E-state index in [0.29, 0.717) is 6.04 Å². The Bertz CT molecular complexity index is 232. The van der Waals surface area contributed by atoms with Gasteiger partial charge < -0.3 is 16.0 Å². The predicted octanol–water partition coefficient (Wildman–Crippen LogP) is 0.838. The molecule has 0 radical (unpaired) electrons. The molecule has 1 aliphatic heterocycles. The van der Waals surface area contributed by atoms with E-state index in [1.54, 1.807) is 0 Å². The van der Waals surface area contributed by atoms with Crippen molar-refractivity contribution in [3.05, 3.63) is 0 Å². The molecular formula is C11H21N3O. The Balaban J connectivity index is 1.68. The van der Waals surface area contributed by atoms with Gasteiger partial charge >= 0.3 is 6.03 Å². The van der Waals surface area contributed by atoms with Gasteiger partial charge in [0, 0.05) is 12.6 Å². The maximum atomic E-state index is 11.4. The summed E-state index contributed by atoms with van der Waals surface area (Å²) in [6, 6.07) is 0.461. The number of nitrogens with one attached hydrogen (secondary N) is 3. The first-order chi connectivity index (χ1) is 7.18. The number of piperidine rings is 1. The van der Waals surface area contributed by atoms with Crippen LogP contribution in [0.2, 0.25) is 0 Å². The second-order valence-corrected chi connectivity index (χ2v) is 5.16. The standard InChI is InChI=1S/C11H21N3O/c1-11(4-6-12-7-5-11)8-13-10(15)14-9-2-3-9/h9,12H,2-8H2,1H3,(H2,13,14,15). The molecule has 4 heteroatoms. The largest absolute Gasteiger partial charge is 0.338 e. The lowest BCUT2D eigenvalue weighted by atomic mass is 9.81. The fourth-order valence-electron chi connectivity index (χ4n) is 1.96. The van der Waals surface area contributed by atoms with E-state index in [0.717, 1.165) is 45.3 Å². The number of hydrogen-bond donors (Lipinski definition) is 3. The van der Waals surface area contributed by atoms with Crippen LogP contribution in [0.5, 0.6) is 0 Å². The van der Waals surface area contributed by atoms with Crippen molar-refractivity contribution in [1.29, 1.82) is 0 Å². The Kier molecular flexibility index (Phi) is 3.14. The van der Waals surface area contributed by atoms with Gasteiger partial charge in [-0.3, -0.25) is 0 Å². The number of amides is 2. The number of rotatable bonds is 3. The zero-order chi connectivity index (χ0) is 10.7. The normalized spacial score (nSPS) is 24.6. The van der Waals surface area contributed by atoms with Crippen LogP contribution in [0.15, 0.2) is 0 Å². The molecule has 0 unspecified atom stereocenters. The Morgan fingerprint density at radius 1 is 1.40 bits per heavy atom. The van der Waals surface area contributed by atoms with Gasteiger partial charge in [-0.1, -0.05) is 6.92 Å². The minimum atomic E-state index is 0.0113. The molecule has 15 heavy (non-hydrogen) atoms. The van der Waals surface area contributed by atoms with Crippen LogP contribution in [-0.4, -0.2) is 31.7 Å². The molecule has 2 amide bonds. The van der Waals surface area contributed by atoms with E-state index in [1.165, 1.54) is 0 Å². The fraction of sp³-hybridized carbons (Fsp3) is 0.909. The summed E-state index contributed by atoms with van der Waals surface area (Å²) in [5, 5.41) is 9.27. The highest BCUT2D eigenvalue weighted by molar-refractivity contribution is 5.74. The molecule has 2 aliphatic rings. The summed E-state index contributed by atoms with van der Waals surface area (Å²) < 4.78 is 0. The lowest BCUT2D eigenvalue weighted by molar-refractivity contribution is 0.207. The highest BCUT2D eigenvalue weighted by Crippen LogP contribution is 2.26. The summed E-state index contributed by atoms with van der Waals surface area (Å²) in [6.45, 7) is 5.20. The van der Waals surface area contributed by atoms with Crippen molar-refractivity contribution >= 4 is 6.03 Å². The average molecular weight is 211 g/mol. The van der Waals surface area contributed by atoms with Crippen LogP contribution >= 0.6 is 0 Å². The van der Waals surface area contributed by atoms with Gasteiger partial charge in [0.2, 0.25) is 0 Å². The van der Waals surface area contributed by atoms with Gasteiger partial charge in [-0.25, -0.2) is 4.79 Å². The van der Waals surface area contributed by atoms with E-state index in [2.05, 4.69) is 22.9 Å². The van der Waals surface area contributed by atoms with Crippen molar-refractivity contribution in [2.24, 2.45) is 5.41 Å². The van der Waals surface area contributed by atoms with Crippen LogP contribution in [0.25, 0.3) is 0 Å². The van der Waals surface area contributed by atoms with E-state index in [9.17, 15) is 4.79 Å². The second-order valence-electron chi connectivity index (χ2n) is 5.16. The number of hydrogen-bond acceptors (Lipinski definition) is 2. The molecule has 1 aliphatic carbocycles. The molecule has 1 saturated heterocycles. The summed E-state index contributed by atoms with van der Waals surface area (Å²) in [4.78, 5) is 11.4. The van der Waals surface area contributed by atoms with Crippen molar-refractivity contribution in [2.45, 2.75) is 38.6 Å². The summed E-state index contributed by atoms with van der Waals surface area (Å²) in [5.41, 5.74) is 0.284. The van der Waals surface area contributed by atoms with Crippen molar-refractivity contribution in [2.75, 3.05) is 19.6 Å². The third kappa shape index (κ3) is 3.38. The Labute approximate surface area is 91.2 Å². The molecule has 0 spiro atoms. The lowest BCUT2D eigenvalue weighted by Crippen LogP contribution is -2.46. The molecule has 0 aromatic heterocycles. The van der Waals surface area contributed by atoms with Crippen LogP contribution in [0.3, 0.4) is 0 Å². The Hall–Kier alpha value is -0.770. The van der Waals surface area contributed by atoms with Crippen molar-refractivity contribution < 1.29 is 4.79 Å². The van der Waals surface area contributed by atoms with E-state index in [1.807, 2.05) is 0 Å². The van der Waals surface area contributed by atoms with E-state index in [-0.39, 0.29) is 11.4 Å². The summed E-state index contributed by atoms with van der Waals surface area (Å²) in [7, 11) is 0. The van der Waals surface area contributed by atoms with Crippen LogP contribution < -0.4 is 16.0 Å². The number of carbonyl (C=O) groups excluding carboxylic acids is 1. The number of urea groups is 1. The van der Waals surface area contributed by atoms with Crippen molar-refractivity contribution in [3.8, 4) is 0 Å². The summed E-state index contributed by atoms with van der Waals surface area (Å²) in [5.74, 6) is 0. The average Bonchev–Trinajstić information content (AvgIpc) is 3.00. The minimum absolute atomic E-state index is 0.0113. The molecule has 86 valence electrons. The second kappa shape index (κ2) is 4.39. The molecular weight excluding hydrogens is 190 g/mol. The van der Waals surface area contributed by atoms with Gasteiger partial charge in [0.05, 0.1) is 0 Å². The first kappa shape index (κ1) is 10.7. The highest BCUT2D eigenvalue weighted by atomic mass is 16.2.